The van der Waals surface area contributed by atoms with Crippen LogP contribution >= 0.6 is 0 Å². The number of benzene rings is 1. The molecule has 1 N–H and O–H groups in total. The van der Waals surface area contributed by atoms with Crippen LogP contribution in [0.5, 0.6) is 5.75 Å². The van der Waals surface area contributed by atoms with Gasteiger partial charge in [0.05, 0.1) is 6.61 Å². The van der Waals surface area contributed by atoms with Crippen LogP contribution in [-0.4, -0.2) is 12.6 Å². The maximum Gasteiger partial charge on any atom is 0.122 e. The number of nitrogens with one attached hydrogen (secondary N) is 1. The smallest absolute Gasteiger partial charge is 0.122 e. The summed E-state index contributed by atoms with van der Waals surface area (Å²) in [5, 5.41) is 3.72. The van der Waals surface area contributed by atoms with Crippen LogP contribution in [0.4, 0.5) is 0 Å². The molecule has 0 radical (unpaired) electrons. The molecule has 0 spiro atoms. The quantitative estimate of drug-likeness (QED) is 0.890. The van der Waals surface area contributed by atoms with E-state index in [2.05, 4.69) is 30.4 Å². The zero-order chi connectivity index (χ0) is 13.1. The molecule has 1 aromatic rings. The second-order valence-electron chi connectivity index (χ2n) is 6.11. The van der Waals surface area contributed by atoms with Crippen LogP contribution in [0.2, 0.25) is 0 Å². The summed E-state index contributed by atoms with van der Waals surface area (Å²) < 4.78 is 5.55. The van der Waals surface area contributed by atoms with E-state index in [-0.39, 0.29) is 0 Å². The van der Waals surface area contributed by atoms with Crippen LogP contribution in [0.25, 0.3) is 0 Å². The van der Waals surface area contributed by atoms with Crippen LogP contribution in [0.15, 0.2) is 18.2 Å². The first-order valence-electron chi connectivity index (χ1n) is 7.81. The zero-order valence-corrected chi connectivity index (χ0v) is 12.0. The van der Waals surface area contributed by atoms with Crippen molar-refractivity contribution in [2.45, 2.75) is 58.0 Å². The summed E-state index contributed by atoms with van der Waals surface area (Å²) in [6.07, 6.45) is 8.17. The van der Waals surface area contributed by atoms with Gasteiger partial charge in [0.2, 0.25) is 0 Å². The zero-order valence-electron chi connectivity index (χ0n) is 12.0. The van der Waals surface area contributed by atoms with E-state index < -0.39 is 0 Å². The van der Waals surface area contributed by atoms with Gasteiger partial charge in [0.25, 0.3) is 0 Å². The maximum atomic E-state index is 5.55. The van der Waals surface area contributed by atoms with Crippen LogP contribution in [0, 0.1) is 5.92 Å². The van der Waals surface area contributed by atoms with E-state index in [1.165, 1.54) is 43.2 Å². The topological polar surface area (TPSA) is 21.3 Å². The van der Waals surface area contributed by atoms with Crippen molar-refractivity contribution < 1.29 is 4.74 Å². The maximum absolute atomic E-state index is 5.55. The monoisotopic (exact) mass is 259 g/mol. The summed E-state index contributed by atoms with van der Waals surface area (Å²) in [4.78, 5) is 0. The van der Waals surface area contributed by atoms with Crippen molar-refractivity contribution in [1.29, 1.82) is 0 Å². The molecule has 1 saturated carbocycles. The molecule has 0 saturated heterocycles. The van der Waals surface area contributed by atoms with Crippen molar-refractivity contribution in [2.24, 2.45) is 5.92 Å². The van der Waals surface area contributed by atoms with Crippen molar-refractivity contribution in [3.05, 3.63) is 29.3 Å². The average molecular weight is 259 g/mol. The Balaban J connectivity index is 1.53. The van der Waals surface area contributed by atoms with E-state index in [9.17, 15) is 0 Å². The van der Waals surface area contributed by atoms with Gasteiger partial charge in [-0.25, -0.2) is 0 Å². The molecule has 1 aliphatic heterocycles. The Hall–Kier alpha value is -1.02. The van der Waals surface area contributed by atoms with Gasteiger partial charge >= 0.3 is 0 Å². The molecule has 19 heavy (non-hydrogen) atoms. The first kappa shape index (κ1) is 13.0. The SMILES string of the molecule is CC(NCc1ccc2c(c1)CCO2)C1CCCCC1. The summed E-state index contributed by atoms with van der Waals surface area (Å²) in [6.45, 7) is 4.20. The highest BCUT2D eigenvalue weighted by Gasteiger charge is 2.19. The molecule has 2 nitrogen and oxygen atoms in total. The lowest BCUT2D eigenvalue weighted by Crippen LogP contribution is -2.34. The lowest BCUT2D eigenvalue weighted by atomic mass is 9.84. The van der Waals surface area contributed by atoms with Crippen LogP contribution in [0.1, 0.15) is 50.2 Å². The first-order chi connectivity index (χ1) is 9.33. The minimum absolute atomic E-state index is 0.643. The third kappa shape index (κ3) is 3.11. The number of ether oxygens (including phenoxy) is 1. The molecule has 3 rings (SSSR count). The van der Waals surface area contributed by atoms with E-state index in [0.29, 0.717) is 6.04 Å². The molecule has 1 atom stereocenters. The Morgan fingerprint density at radius 1 is 1.26 bits per heavy atom. The number of hydrogen-bond acceptors (Lipinski definition) is 2. The van der Waals surface area contributed by atoms with Crippen molar-refractivity contribution in [2.75, 3.05) is 6.61 Å². The minimum atomic E-state index is 0.643. The second kappa shape index (κ2) is 5.96. The fraction of sp³-hybridized carbons (Fsp3) is 0.647. The molecule has 0 amide bonds. The van der Waals surface area contributed by atoms with Gasteiger partial charge in [-0.15, -0.1) is 0 Å². The third-order valence-electron chi connectivity index (χ3n) is 4.74. The van der Waals surface area contributed by atoms with E-state index in [1.807, 2.05) is 0 Å². The molecule has 1 unspecified atom stereocenters. The molecule has 1 fully saturated rings. The molecular formula is C17H25NO. The van der Waals surface area contributed by atoms with Crippen LogP contribution in [0.3, 0.4) is 0 Å². The summed E-state index contributed by atoms with van der Waals surface area (Å²) in [7, 11) is 0. The van der Waals surface area contributed by atoms with E-state index in [4.69, 9.17) is 4.74 Å². The highest BCUT2D eigenvalue weighted by Crippen LogP contribution is 2.28. The summed E-state index contributed by atoms with van der Waals surface area (Å²) in [5.41, 5.74) is 2.77. The van der Waals surface area contributed by atoms with Crippen molar-refractivity contribution in [3.63, 3.8) is 0 Å². The standard InChI is InChI=1S/C17H25NO/c1-13(15-5-3-2-4-6-15)18-12-14-7-8-17-16(11-14)9-10-19-17/h7-8,11,13,15,18H,2-6,9-10,12H2,1H3. The normalized spacial score (nSPS) is 20.9. The molecule has 104 valence electrons. The molecular weight excluding hydrogens is 234 g/mol. The van der Waals surface area contributed by atoms with Crippen molar-refractivity contribution in [1.82, 2.24) is 5.32 Å². The highest BCUT2D eigenvalue weighted by atomic mass is 16.5. The van der Waals surface area contributed by atoms with Gasteiger partial charge in [-0.3, -0.25) is 0 Å². The van der Waals surface area contributed by atoms with Crippen molar-refractivity contribution in [3.8, 4) is 5.75 Å². The Kier molecular flexibility index (Phi) is 4.07. The molecule has 0 aromatic heterocycles. The van der Waals surface area contributed by atoms with Gasteiger partial charge in [-0.1, -0.05) is 31.4 Å². The highest BCUT2D eigenvalue weighted by molar-refractivity contribution is 5.39. The van der Waals surface area contributed by atoms with Gasteiger partial charge in [-0.05, 0) is 42.9 Å². The third-order valence-corrected chi connectivity index (χ3v) is 4.74. The lowest BCUT2D eigenvalue weighted by Gasteiger charge is -2.28. The predicted molar refractivity (Wildman–Crippen MR) is 78.5 cm³/mol. The minimum Gasteiger partial charge on any atom is -0.493 e. The molecule has 2 aliphatic rings. The first-order valence-corrected chi connectivity index (χ1v) is 7.81. The Bertz CT molecular complexity index is 423. The van der Waals surface area contributed by atoms with E-state index >= 15 is 0 Å². The number of rotatable bonds is 4. The van der Waals surface area contributed by atoms with Gasteiger partial charge in [0, 0.05) is 19.0 Å². The van der Waals surface area contributed by atoms with E-state index in [0.717, 1.165) is 31.2 Å². The molecule has 1 heterocycles. The number of hydrogen-bond donors (Lipinski definition) is 1. The fourth-order valence-electron chi connectivity index (χ4n) is 3.43. The van der Waals surface area contributed by atoms with Crippen molar-refractivity contribution >= 4 is 0 Å². The second-order valence-corrected chi connectivity index (χ2v) is 6.11. The van der Waals surface area contributed by atoms with Crippen LogP contribution < -0.4 is 10.1 Å². The molecule has 1 aliphatic carbocycles. The Morgan fingerprint density at radius 2 is 2.11 bits per heavy atom. The molecule has 1 aromatic carbocycles. The van der Waals surface area contributed by atoms with Gasteiger partial charge in [0.15, 0.2) is 0 Å². The summed E-state index contributed by atoms with van der Waals surface area (Å²) in [6, 6.07) is 7.28. The largest absolute Gasteiger partial charge is 0.493 e. The van der Waals surface area contributed by atoms with Gasteiger partial charge in [0.1, 0.15) is 5.75 Å². The van der Waals surface area contributed by atoms with Gasteiger partial charge < -0.3 is 10.1 Å². The number of fused-ring (bicyclic) bond motifs is 1. The summed E-state index contributed by atoms with van der Waals surface area (Å²) >= 11 is 0. The lowest BCUT2D eigenvalue weighted by molar-refractivity contribution is 0.280. The van der Waals surface area contributed by atoms with E-state index in [1.54, 1.807) is 0 Å². The predicted octanol–water partition coefficient (Wildman–Crippen LogP) is 3.68. The molecule has 0 bridgehead atoms. The van der Waals surface area contributed by atoms with Gasteiger partial charge in [-0.2, -0.15) is 0 Å². The average Bonchev–Trinajstić information content (AvgIpc) is 2.93. The summed E-state index contributed by atoms with van der Waals surface area (Å²) in [5.74, 6) is 1.97. The fourth-order valence-corrected chi connectivity index (χ4v) is 3.43. The van der Waals surface area contributed by atoms with Crippen LogP contribution in [-0.2, 0) is 13.0 Å². The Morgan fingerprint density at radius 3 is 2.95 bits per heavy atom. The Labute approximate surface area is 116 Å². The molecule has 2 heteroatoms.